The molecule has 47 heavy (non-hydrogen) atoms. The van der Waals surface area contributed by atoms with Crippen molar-refractivity contribution >= 4 is 40.7 Å². The number of nitrogens with one attached hydrogen (secondary N) is 1. The fourth-order valence-electron chi connectivity index (χ4n) is 5.53. The van der Waals surface area contributed by atoms with Crippen molar-refractivity contribution in [2.75, 3.05) is 5.32 Å². The van der Waals surface area contributed by atoms with Crippen LogP contribution in [-0.4, -0.2) is 41.3 Å². The molecule has 0 radical (unpaired) electrons. The van der Waals surface area contributed by atoms with Crippen molar-refractivity contribution in [1.29, 1.82) is 0 Å². The predicted octanol–water partition coefficient (Wildman–Crippen LogP) is 5.78. The topological polar surface area (TPSA) is 151 Å². The molecule has 4 heterocycles. The Morgan fingerprint density at radius 3 is 2.55 bits per heavy atom. The first kappa shape index (κ1) is 32.0. The Bertz CT molecular complexity index is 2080. The molecule has 11 nitrogen and oxygen atoms in total. The third-order valence-corrected chi connectivity index (χ3v) is 8.47. The lowest BCUT2D eigenvalue weighted by Crippen LogP contribution is -2.33. The Labute approximate surface area is 276 Å². The van der Waals surface area contributed by atoms with Gasteiger partial charge in [-0.15, -0.1) is 5.10 Å². The van der Waals surface area contributed by atoms with E-state index in [1.807, 2.05) is 0 Å². The molecule has 2 unspecified atom stereocenters. The van der Waals surface area contributed by atoms with Crippen LogP contribution in [0.2, 0.25) is 10.2 Å². The van der Waals surface area contributed by atoms with E-state index >= 15 is 0 Å². The monoisotopic (exact) mass is 678 g/mol. The molecule has 3 aromatic heterocycles. The van der Waals surface area contributed by atoms with E-state index in [0.717, 1.165) is 12.1 Å². The Balaban J connectivity index is 1.44. The maximum Gasteiger partial charge on any atom is 0.349 e. The van der Waals surface area contributed by atoms with E-state index in [1.165, 1.54) is 40.1 Å². The van der Waals surface area contributed by atoms with Gasteiger partial charge in [0.2, 0.25) is 5.91 Å². The zero-order chi connectivity index (χ0) is 33.5. The summed E-state index contributed by atoms with van der Waals surface area (Å²) in [7, 11) is 0. The summed E-state index contributed by atoms with van der Waals surface area (Å²) in [5, 5.41) is 11.2. The number of anilines is 1. The Morgan fingerprint density at radius 1 is 1.02 bits per heavy atom. The highest BCUT2D eigenvalue weighted by Gasteiger charge is 2.39. The number of hydrogen-bond donors (Lipinski definition) is 2. The molecular formula is C32H26Cl2F2N8O3. The number of primary amides is 1. The molecule has 2 atom stereocenters. The molecule has 0 fully saturated rings. The molecule has 0 saturated carbocycles. The van der Waals surface area contributed by atoms with Crippen molar-refractivity contribution in [1.82, 2.24) is 29.5 Å². The van der Waals surface area contributed by atoms with Gasteiger partial charge in [-0.05, 0) is 54.8 Å². The van der Waals surface area contributed by atoms with Crippen LogP contribution in [0, 0.1) is 5.92 Å². The number of aromatic nitrogens is 6. The average Bonchev–Trinajstić information content (AvgIpc) is 3.48. The van der Waals surface area contributed by atoms with Gasteiger partial charge in [-0.25, -0.2) is 9.67 Å². The molecule has 0 spiro atoms. The van der Waals surface area contributed by atoms with Crippen molar-refractivity contribution in [3.05, 3.63) is 105 Å². The summed E-state index contributed by atoms with van der Waals surface area (Å²) in [6.07, 6.45) is 5.90. The lowest BCUT2D eigenvalue weighted by atomic mass is 9.94. The number of carbonyl (C=O) groups is 2. The second-order valence-electron chi connectivity index (χ2n) is 11.2. The molecule has 2 amide bonds. The number of nitrogens with two attached hydrogens (primary N) is 1. The molecule has 240 valence electrons. The van der Waals surface area contributed by atoms with Gasteiger partial charge in [-0.1, -0.05) is 53.9 Å². The number of benzene rings is 2. The first-order valence-corrected chi connectivity index (χ1v) is 15.2. The molecule has 3 N–H and O–H groups in total. The molecule has 0 aliphatic carbocycles. The van der Waals surface area contributed by atoms with Crippen LogP contribution in [0.1, 0.15) is 43.5 Å². The SMILES string of the molecule is CC1CCCC(n2cnc(-c3cc(Cl)ccc3-n3cc(Cl)nn3)cc2=O)c2cc(ccn2)-c2ccc(C(F)(F)C(N)=O)cc2NC1=O. The van der Waals surface area contributed by atoms with Crippen LogP contribution < -0.4 is 16.6 Å². The van der Waals surface area contributed by atoms with Crippen LogP contribution in [-0.2, 0) is 15.5 Å². The number of pyridine rings is 1. The second kappa shape index (κ2) is 12.6. The third kappa shape index (κ3) is 6.36. The smallest absolute Gasteiger partial charge is 0.349 e. The molecule has 0 saturated heterocycles. The molecule has 1 aliphatic rings. The third-order valence-electron chi connectivity index (χ3n) is 8.06. The number of amides is 2. The highest BCUT2D eigenvalue weighted by atomic mass is 35.5. The minimum atomic E-state index is -3.95. The fraction of sp³-hybridized carbons (Fsp3) is 0.219. The zero-order valence-corrected chi connectivity index (χ0v) is 26.2. The summed E-state index contributed by atoms with van der Waals surface area (Å²) in [6, 6.07) is 12.8. The summed E-state index contributed by atoms with van der Waals surface area (Å²) in [4.78, 5) is 47.6. The predicted molar refractivity (Wildman–Crippen MR) is 171 cm³/mol. The van der Waals surface area contributed by atoms with E-state index in [0.29, 0.717) is 58.1 Å². The summed E-state index contributed by atoms with van der Waals surface area (Å²) in [6.45, 7) is 1.72. The molecular weight excluding hydrogens is 653 g/mol. The molecule has 6 rings (SSSR count). The second-order valence-corrected chi connectivity index (χ2v) is 12.0. The van der Waals surface area contributed by atoms with Crippen molar-refractivity contribution in [2.24, 2.45) is 11.7 Å². The Hall–Kier alpha value is -5.01. The van der Waals surface area contributed by atoms with Gasteiger partial charge in [0.25, 0.3) is 11.5 Å². The van der Waals surface area contributed by atoms with Gasteiger partial charge in [0.1, 0.15) is 0 Å². The van der Waals surface area contributed by atoms with E-state index in [1.54, 1.807) is 37.3 Å². The average molecular weight is 680 g/mol. The van der Waals surface area contributed by atoms with Crippen molar-refractivity contribution in [2.45, 2.75) is 38.2 Å². The van der Waals surface area contributed by atoms with Gasteiger partial charge in [-0.2, -0.15) is 8.78 Å². The van der Waals surface area contributed by atoms with Crippen LogP contribution in [0.5, 0.6) is 0 Å². The van der Waals surface area contributed by atoms with Crippen LogP contribution in [0.3, 0.4) is 0 Å². The Morgan fingerprint density at radius 2 is 1.83 bits per heavy atom. The number of nitrogens with zero attached hydrogens (tertiary/aromatic N) is 6. The summed E-state index contributed by atoms with van der Waals surface area (Å²) >= 11 is 12.3. The molecule has 15 heteroatoms. The summed E-state index contributed by atoms with van der Waals surface area (Å²) in [5.74, 6) is -6.64. The highest BCUT2D eigenvalue weighted by Crippen LogP contribution is 2.37. The zero-order valence-electron chi connectivity index (χ0n) is 24.7. The van der Waals surface area contributed by atoms with Gasteiger partial charge >= 0.3 is 5.92 Å². The van der Waals surface area contributed by atoms with Gasteiger partial charge in [-0.3, -0.25) is 23.9 Å². The summed E-state index contributed by atoms with van der Waals surface area (Å²) in [5.41, 5.74) is 6.93. The summed E-state index contributed by atoms with van der Waals surface area (Å²) < 4.78 is 32.1. The van der Waals surface area contributed by atoms with E-state index in [9.17, 15) is 23.2 Å². The van der Waals surface area contributed by atoms with Gasteiger partial charge in [0.05, 0.1) is 35.6 Å². The van der Waals surface area contributed by atoms with Crippen LogP contribution >= 0.6 is 23.2 Å². The maximum atomic E-state index is 14.6. The Kier molecular flexibility index (Phi) is 8.60. The van der Waals surface area contributed by atoms with E-state index in [4.69, 9.17) is 28.9 Å². The normalized spacial score (nSPS) is 16.8. The molecule has 5 aromatic rings. The number of hydrogen-bond acceptors (Lipinski definition) is 7. The number of alkyl halides is 2. The first-order valence-electron chi connectivity index (χ1n) is 14.5. The van der Waals surface area contributed by atoms with Gasteiger partial charge in [0.15, 0.2) is 5.15 Å². The fourth-order valence-corrected chi connectivity index (χ4v) is 5.83. The van der Waals surface area contributed by atoms with Crippen molar-refractivity contribution in [3.8, 4) is 28.1 Å². The van der Waals surface area contributed by atoms with Crippen molar-refractivity contribution < 1.29 is 18.4 Å². The highest BCUT2D eigenvalue weighted by molar-refractivity contribution is 6.31. The van der Waals surface area contributed by atoms with Gasteiger partial charge < -0.3 is 11.1 Å². The van der Waals surface area contributed by atoms with Crippen LogP contribution in [0.4, 0.5) is 14.5 Å². The maximum absolute atomic E-state index is 14.6. The molecule has 2 aromatic carbocycles. The van der Waals surface area contributed by atoms with Crippen molar-refractivity contribution in [3.63, 3.8) is 0 Å². The number of carbonyl (C=O) groups excluding carboxylic acids is 2. The minimum Gasteiger partial charge on any atom is -0.364 e. The molecule has 2 bridgehead atoms. The number of halogens is 4. The minimum absolute atomic E-state index is 0.0868. The number of fused-ring (bicyclic) bond motifs is 4. The van der Waals surface area contributed by atoms with Crippen LogP contribution in [0.15, 0.2) is 78.1 Å². The van der Waals surface area contributed by atoms with Crippen LogP contribution in [0.25, 0.3) is 28.1 Å². The van der Waals surface area contributed by atoms with E-state index < -0.39 is 29.4 Å². The lowest BCUT2D eigenvalue weighted by Gasteiger charge is -2.23. The standard InChI is InChI=1S/C32H26Cl2F2N8O3/c1-17-3-2-4-27(43-16-39-23(14-29(43)45)22-13-20(33)6-8-26(22)44-15-28(34)41-42-44)25-11-18(9-10-38-25)21-7-5-19(32(35,36)31(37)47)12-24(21)40-30(17)46/h5-17,27H,2-4H2,1H3,(H2,37,47)(H,40,46). The lowest BCUT2D eigenvalue weighted by molar-refractivity contribution is -0.143. The number of rotatable bonds is 5. The van der Waals surface area contributed by atoms with E-state index in [2.05, 4.69) is 25.6 Å². The molecule has 1 aliphatic heterocycles. The van der Waals surface area contributed by atoms with E-state index in [-0.39, 0.29) is 22.3 Å². The quantitative estimate of drug-likeness (QED) is 0.239. The first-order chi connectivity index (χ1) is 22.4. The van der Waals surface area contributed by atoms with Gasteiger partial charge in [0, 0.05) is 45.6 Å². The largest absolute Gasteiger partial charge is 0.364 e.